The van der Waals surface area contributed by atoms with Gasteiger partial charge in [-0.1, -0.05) is 97.1 Å². The van der Waals surface area contributed by atoms with Crippen molar-refractivity contribution < 1.29 is 0 Å². The first-order valence-corrected chi connectivity index (χ1v) is 8.87. The van der Waals surface area contributed by atoms with Crippen LogP contribution in [0.15, 0.2) is 103 Å². The molecule has 0 nitrogen and oxygen atoms in total. The summed E-state index contributed by atoms with van der Waals surface area (Å²) in [6.07, 6.45) is 0. The van der Waals surface area contributed by atoms with Gasteiger partial charge in [-0.25, -0.2) is 0 Å². The third-order valence-corrected chi connectivity index (χ3v) is 5.02. The summed E-state index contributed by atoms with van der Waals surface area (Å²) in [6.45, 7) is 0. The topological polar surface area (TPSA) is 0 Å². The van der Waals surface area contributed by atoms with E-state index in [2.05, 4.69) is 97.1 Å². The van der Waals surface area contributed by atoms with Crippen molar-refractivity contribution in [3.8, 4) is 22.3 Å². The maximum Gasteiger partial charge on any atom is -0.00992 e. The molecule has 0 saturated heterocycles. The maximum absolute atomic E-state index is 3.07. The van der Waals surface area contributed by atoms with Crippen molar-refractivity contribution in [1.82, 2.24) is 0 Å². The Kier molecular flexibility index (Phi) is 3.54. The molecule has 0 unspecified atom stereocenters. The molecule has 0 aliphatic rings. The van der Waals surface area contributed by atoms with Crippen molar-refractivity contribution in [3.05, 3.63) is 109 Å². The number of fused-ring (bicyclic) bond motifs is 3. The summed E-state index contributed by atoms with van der Waals surface area (Å²) in [5.74, 6) is 0. The zero-order chi connectivity index (χ0) is 17.3. The summed E-state index contributed by atoms with van der Waals surface area (Å²) in [5.41, 5.74) is 4.95. The molecule has 0 amide bonds. The Morgan fingerprint density at radius 1 is 0.423 bits per heavy atom. The summed E-state index contributed by atoms with van der Waals surface area (Å²) in [7, 11) is 0. The van der Waals surface area contributed by atoms with Crippen LogP contribution in [0.25, 0.3) is 43.8 Å². The van der Waals surface area contributed by atoms with Gasteiger partial charge >= 0.3 is 0 Å². The zero-order valence-corrected chi connectivity index (χ0v) is 14.3. The van der Waals surface area contributed by atoms with Crippen LogP contribution in [-0.4, -0.2) is 0 Å². The van der Waals surface area contributed by atoms with E-state index < -0.39 is 0 Å². The average Bonchev–Trinajstić information content (AvgIpc) is 2.74. The van der Waals surface area contributed by atoms with E-state index in [1.165, 1.54) is 43.8 Å². The predicted molar refractivity (Wildman–Crippen MR) is 111 cm³/mol. The largest absolute Gasteiger partial charge is 0.0616 e. The summed E-state index contributed by atoms with van der Waals surface area (Å²) in [6, 6.07) is 39.7. The van der Waals surface area contributed by atoms with Gasteiger partial charge in [-0.05, 0) is 55.9 Å². The van der Waals surface area contributed by atoms with E-state index in [9.17, 15) is 0 Å². The van der Waals surface area contributed by atoms with Gasteiger partial charge < -0.3 is 0 Å². The van der Waals surface area contributed by atoms with Gasteiger partial charge in [-0.3, -0.25) is 0 Å². The van der Waals surface area contributed by atoms with Gasteiger partial charge in [0.2, 0.25) is 0 Å². The Morgan fingerprint density at radius 2 is 0.962 bits per heavy atom. The third-order valence-electron chi connectivity index (χ3n) is 5.02. The first kappa shape index (κ1) is 14.9. The van der Waals surface area contributed by atoms with Crippen LogP contribution in [0.5, 0.6) is 0 Å². The molecule has 0 heteroatoms. The lowest BCUT2D eigenvalue weighted by molar-refractivity contribution is 1.60. The molecule has 0 atom stereocenters. The summed E-state index contributed by atoms with van der Waals surface area (Å²) in [4.78, 5) is 0. The molecular weight excluding hydrogens is 312 g/mol. The van der Waals surface area contributed by atoms with E-state index in [1.807, 2.05) is 12.1 Å². The van der Waals surface area contributed by atoms with E-state index in [-0.39, 0.29) is 0 Å². The molecule has 0 aliphatic heterocycles. The minimum atomic E-state index is 1.22. The first-order chi connectivity index (χ1) is 12.9. The van der Waals surface area contributed by atoms with Gasteiger partial charge in [-0.15, -0.1) is 0 Å². The minimum Gasteiger partial charge on any atom is -0.0616 e. The zero-order valence-electron chi connectivity index (χ0n) is 14.3. The van der Waals surface area contributed by atoms with Crippen LogP contribution in [0.3, 0.4) is 0 Å². The van der Waals surface area contributed by atoms with E-state index in [4.69, 9.17) is 0 Å². The van der Waals surface area contributed by atoms with Crippen molar-refractivity contribution in [2.75, 3.05) is 0 Å². The molecule has 5 aromatic rings. The molecule has 5 rings (SSSR count). The maximum atomic E-state index is 3.07. The molecular formula is C26H17. The molecule has 0 fully saturated rings. The Morgan fingerprint density at radius 3 is 1.73 bits per heavy atom. The fourth-order valence-corrected chi connectivity index (χ4v) is 3.62. The quantitative estimate of drug-likeness (QED) is 0.302. The van der Waals surface area contributed by atoms with Crippen molar-refractivity contribution >= 4 is 21.5 Å². The molecule has 0 aliphatic carbocycles. The summed E-state index contributed by atoms with van der Waals surface area (Å²) >= 11 is 0. The number of rotatable bonds is 2. The van der Waals surface area contributed by atoms with Gasteiger partial charge in [-0.2, -0.15) is 0 Å². The first-order valence-electron chi connectivity index (χ1n) is 8.87. The molecule has 0 spiro atoms. The highest BCUT2D eigenvalue weighted by atomic mass is 14.1. The van der Waals surface area contributed by atoms with Gasteiger partial charge in [0.15, 0.2) is 0 Å². The molecule has 0 heterocycles. The molecule has 5 aromatic carbocycles. The smallest absolute Gasteiger partial charge is 0.00992 e. The molecule has 26 heavy (non-hydrogen) atoms. The summed E-state index contributed by atoms with van der Waals surface area (Å²) in [5, 5.41) is 5.19. The van der Waals surface area contributed by atoms with E-state index in [0.29, 0.717) is 0 Å². The van der Waals surface area contributed by atoms with Crippen molar-refractivity contribution in [2.45, 2.75) is 0 Å². The second-order valence-corrected chi connectivity index (χ2v) is 6.59. The summed E-state index contributed by atoms with van der Waals surface area (Å²) < 4.78 is 0. The average molecular weight is 329 g/mol. The van der Waals surface area contributed by atoms with Crippen LogP contribution >= 0.6 is 0 Å². The van der Waals surface area contributed by atoms with Crippen LogP contribution in [0.4, 0.5) is 0 Å². The Bertz CT molecular complexity index is 1200. The van der Waals surface area contributed by atoms with Gasteiger partial charge in [0.05, 0.1) is 0 Å². The normalized spacial score (nSPS) is 11.1. The number of benzene rings is 5. The number of hydrogen-bond acceptors (Lipinski definition) is 0. The van der Waals surface area contributed by atoms with Gasteiger partial charge in [0.1, 0.15) is 0 Å². The number of hydrogen-bond donors (Lipinski definition) is 0. The van der Waals surface area contributed by atoms with Crippen molar-refractivity contribution in [1.29, 1.82) is 0 Å². The highest BCUT2D eigenvalue weighted by molar-refractivity contribution is 6.08. The fourth-order valence-electron chi connectivity index (χ4n) is 3.62. The lowest BCUT2D eigenvalue weighted by Crippen LogP contribution is -1.82. The van der Waals surface area contributed by atoms with Crippen molar-refractivity contribution in [2.24, 2.45) is 0 Å². The SMILES string of the molecule is [c]1ccc(-c2ccc(-c3ccc4ccc5ccccc5c4c3)cc2)cc1. The monoisotopic (exact) mass is 329 g/mol. The van der Waals surface area contributed by atoms with Crippen LogP contribution in [0, 0.1) is 6.07 Å². The van der Waals surface area contributed by atoms with E-state index in [1.54, 1.807) is 0 Å². The van der Waals surface area contributed by atoms with E-state index >= 15 is 0 Å². The van der Waals surface area contributed by atoms with Gasteiger partial charge in [0.25, 0.3) is 0 Å². The van der Waals surface area contributed by atoms with Crippen LogP contribution in [0.2, 0.25) is 0 Å². The second-order valence-electron chi connectivity index (χ2n) is 6.59. The molecule has 0 aromatic heterocycles. The molecule has 0 bridgehead atoms. The van der Waals surface area contributed by atoms with Crippen molar-refractivity contribution in [3.63, 3.8) is 0 Å². The third kappa shape index (κ3) is 2.57. The predicted octanol–water partition coefficient (Wildman–Crippen LogP) is 7.13. The highest BCUT2D eigenvalue weighted by Gasteiger charge is 2.04. The Balaban J connectivity index is 1.61. The minimum absolute atomic E-state index is 1.22. The van der Waals surface area contributed by atoms with E-state index in [0.717, 1.165) is 0 Å². The van der Waals surface area contributed by atoms with Gasteiger partial charge in [0, 0.05) is 0 Å². The Labute approximate surface area is 153 Å². The van der Waals surface area contributed by atoms with Crippen LogP contribution in [0.1, 0.15) is 0 Å². The second kappa shape index (κ2) is 6.16. The standard InChI is InChI=1S/C26H17/c1-2-6-19(7-3-1)20-10-12-21(13-11-20)24-17-16-23-15-14-22-8-4-5-9-25(22)26(23)18-24/h2-18H. The molecule has 121 valence electrons. The fraction of sp³-hybridized carbons (Fsp3) is 0. The molecule has 0 saturated carbocycles. The molecule has 0 N–H and O–H groups in total. The molecule has 1 radical (unpaired) electrons. The lowest BCUT2D eigenvalue weighted by atomic mass is 9.96. The van der Waals surface area contributed by atoms with Crippen LogP contribution < -0.4 is 0 Å². The Hall–Kier alpha value is -3.38. The van der Waals surface area contributed by atoms with Crippen LogP contribution in [-0.2, 0) is 0 Å². The lowest BCUT2D eigenvalue weighted by Gasteiger charge is -2.08. The highest BCUT2D eigenvalue weighted by Crippen LogP contribution is 2.31.